The maximum absolute atomic E-state index is 13.1. The highest BCUT2D eigenvalue weighted by Gasteiger charge is 2.38. The van der Waals surface area contributed by atoms with Crippen molar-refractivity contribution in [2.24, 2.45) is 5.92 Å². The summed E-state index contributed by atoms with van der Waals surface area (Å²) in [5.41, 5.74) is 0. The second kappa shape index (κ2) is 5.35. The van der Waals surface area contributed by atoms with E-state index in [-0.39, 0.29) is 12.6 Å². The monoisotopic (exact) mass is 325 g/mol. The normalized spacial score (nSPS) is 24.0. The highest BCUT2D eigenvalue weighted by Crippen LogP contribution is 2.38. The standard InChI is InChI=1S/C15H19NO3S2/c1-10-7-11(2)16(8-10)21(18,19)15-12-5-3-4-6-13(12)20-14(15)9-17/h3-6,10-11,17H,7-9H2,1-2H3. The highest BCUT2D eigenvalue weighted by atomic mass is 32.2. The SMILES string of the molecule is CC1CC(C)N(S(=O)(=O)c2c(CO)sc3ccccc23)C1. The molecule has 1 aliphatic rings. The minimum absolute atomic E-state index is 0.00945. The van der Waals surface area contributed by atoms with Crippen LogP contribution in [0.3, 0.4) is 0 Å². The van der Waals surface area contributed by atoms with Gasteiger partial charge in [-0.3, -0.25) is 0 Å². The highest BCUT2D eigenvalue weighted by molar-refractivity contribution is 7.89. The molecule has 0 radical (unpaired) electrons. The zero-order valence-corrected chi connectivity index (χ0v) is 13.7. The number of sulfonamides is 1. The van der Waals surface area contributed by atoms with Gasteiger partial charge in [0.2, 0.25) is 10.0 Å². The topological polar surface area (TPSA) is 57.6 Å². The second-order valence-electron chi connectivity index (χ2n) is 5.77. The van der Waals surface area contributed by atoms with Gasteiger partial charge in [0.25, 0.3) is 0 Å². The number of aliphatic hydroxyl groups excluding tert-OH is 1. The smallest absolute Gasteiger partial charge is 0.245 e. The van der Waals surface area contributed by atoms with Crippen LogP contribution >= 0.6 is 11.3 Å². The zero-order chi connectivity index (χ0) is 15.2. The average molecular weight is 325 g/mol. The maximum atomic E-state index is 13.1. The van der Waals surface area contributed by atoms with Crippen LogP contribution in [0.25, 0.3) is 10.1 Å². The van der Waals surface area contributed by atoms with Gasteiger partial charge in [-0.25, -0.2) is 8.42 Å². The Morgan fingerprint density at radius 3 is 2.67 bits per heavy atom. The number of hydrogen-bond donors (Lipinski definition) is 1. The Hall–Kier alpha value is -0.950. The maximum Gasteiger partial charge on any atom is 0.245 e. The molecule has 1 fully saturated rings. The van der Waals surface area contributed by atoms with Crippen molar-refractivity contribution in [2.75, 3.05) is 6.54 Å². The molecule has 0 spiro atoms. The van der Waals surface area contributed by atoms with Gasteiger partial charge in [-0.15, -0.1) is 11.3 Å². The Morgan fingerprint density at radius 2 is 2.05 bits per heavy atom. The summed E-state index contributed by atoms with van der Waals surface area (Å²) in [6, 6.07) is 7.45. The van der Waals surface area contributed by atoms with Crippen molar-refractivity contribution in [3.05, 3.63) is 29.1 Å². The third-order valence-electron chi connectivity index (χ3n) is 4.06. The molecule has 1 aliphatic heterocycles. The molecule has 2 unspecified atom stereocenters. The Kier molecular flexibility index (Phi) is 3.81. The van der Waals surface area contributed by atoms with Crippen LogP contribution in [0.4, 0.5) is 0 Å². The number of fused-ring (bicyclic) bond motifs is 1. The summed E-state index contributed by atoms with van der Waals surface area (Å²) in [5, 5.41) is 10.3. The van der Waals surface area contributed by atoms with E-state index in [1.165, 1.54) is 11.3 Å². The van der Waals surface area contributed by atoms with Gasteiger partial charge in [-0.2, -0.15) is 4.31 Å². The van der Waals surface area contributed by atoms with Gasteiger partial charge < -0.3 is 5.11 Å². The first-order valence-corrected chi connectivity index (χ1v) is 9.34. The van der Waals surface area contributed by atoms with Crippen LogP contribution in [-0.2, 0) is 16.6 Å². The van der Waals surface area contributed by atoms with Crippen molar-refractivity contribution >= 4 is 31.4 Å². The lowest BCUT2D eigenvalue weighted by atomic mass is 10.1. The van der Waals surface area contributed by atoms with E-state index in [0.29, 0.717) is 22.2 Å². The second-order valence-corrected chi connectivity index (χ2v) is 8.74. The van der Waals surface area contributed by atoms with E-state index in [4.69, 9.17) is 0 Å². The fourth-order valence-electron chi connectivity index (χ4n) is 3.17. The third kappa shape index (κ3) is 2.40. The van der Waals surface area contributed by atoms with E-state index in [2.05, 4.69) is 6.92 Å². The van der Waals surface area contributed by atoms with E-state index in [1.54, 1.807) is 4.31 Å². The van der Waals surface area contributed by atoms with Crippen LogP contribution < -0.4 is 0 Å². The molecule has 2 heterocycles. The fraction of sp³-hybridized carbons (Fsp3) is 0.467. The van der Waals surface area contributed by atoms with Crippen molar-refractivity contribution in [3.63, 3.8) is 0 Å². The Bertz CT molecular complexity index is 766. The summed E-state index contributed by atoms with van der Waals surface area (Å²) < 4.78 is 28.6. The quantitative estimate of drug-likeness (QED) is 0.944. The molecule has 1 aromatic carbocycles. The molecule has 4 nitrogen and oxygen atoms in total. The Balaban J connectivity index is 2.19. The summed E-state index contributed by atoms with van der Waals surface area (Å²) in [4.78, 5) is 0.828. The molecular weight excluding hydrogens is 306 g/mol. The molecule has 0 aliphatic carbocycles. The largest absolute Gasteiger partial charge is 0.391 e. The molecule has 0 saturated carbocycles. The van der Waals surface area contributed by atoms with Gasteiger partial charge in [0, 0.05) is 22.7 Å². The molecule has 0 amide bonds. The fourth-order valence-corrected chi connectivity index (χ4v) is 6.69. The molecule has 3 rings (SSSR count). The molecule has 21 heavy (non-hydrogen) atoms. The number of hydrogen-bond acceptors (Lipinski definition) is 4. The van der Waals surface area contributed by atoms with Crippen molar-refractivity contribution in [1.29, 1.82) is 0 Å². The summed E-state index contributed by atoms with van der Waals surface area (Å²) >= 11 is 1.36. The number of aliphatic hydroxyl groups is 1. The Morgan fingerprint density at radius 1 is 1.33 bits per heavy atom. The molecule has 1 N–H and O–H groups in total. The lowest BCUT2D eigenvalue weighted by Gasteiger charge is -2.21. The lowest BCUT2D eigenvalue weighted by Crippen LogP contribution is -2.34. The van der Waals surface area contributed by atoms with Crippen molar-refractivity contribution in [3.8, 4) is 0 Å². The predicted molar refractivity (Wildman–Crippen MR) is 84.9 cm³/mol. The third-order valence-corrected chi connectivity index (χ3v) is 7.45. The number of thiophene rings is 1. The Labute approximate surface area is 129 Å². The van der Waals surface area contributed by atoms with E-state index >= 15 is 0 Å². The van der Waals surface area contributed by atoms with Crippen LogP contribution in [-0.4, -0.2) is 30.4 Å². The first-order valence-electron chi connectivity index (χ1n) is 7.08. The first kappa shape index (κ1) is 15.0. The summed E-state index contributed by atoms with van der Waals surface area (Å²) in [6.45, 7) is 4.34. The molecule has 1 aromatic heterocycles. The van der Waals surface area contributed by atoms with Gasteiger partial charge in [-0.1, -0.05) is 25.1 Å². The zero-order valence-electron chi connectivity index (χ0n) is 12.1. The summed E-state index contributed by atoms with van der Waals surface area (Å²) in [7, 11) is -3.56. The van der Waals surface area contributed by atoms with Gasteiger partial charge in [0.1, 0.15) is 4.90 Å². The van der Waals surface area contributed by atoms with E-state index in [1.807, 2.05) is 31.2 Å². The molecule has 114 valence electrons. The predicted octanol–water partition coefficient (Wildman–Crippen LogP) is 2.81. The van der Waals surface area contributed by atoms with Gasteiger partial charge in [-0.05, 0) is 25.3 Å². The van der Waals surface area contributed by atoms with Gasteiger partial charge in [0.15, 0.2) is 0 Å². The minimum Gasteiger partial charge on any atom is -0.391 e. The van der Waals surface area contributed by atoms with Crippen LogP contribution in [0.5, 0.6) is 0 Å². The molecule has 1 saturated heterocycles. The van der Waals surface area contributed by atoms with E-state index in [0.717, 1.165) is 16.5 Å². The lowest BCUT2D eigenvalue weighted by molar-refractivity contribution is 0.282. The van der Waals surface area contributed by atoms with E-state index < -0.39 is 10.0 Å². The van der Waals surface area contributed by atoms with Gasteiger partial charge in [0.05, 0.1) is 11.5 Å². The van der Waals surface area contributed by atoms with E-state index in [9.17, 15) is 13.5 Å². The van der Waals surface area contributed by atoms with Crippen LogP contribution in [0.1, 0.15) is 25.1 Å². The first-order chi connectivity index (χ1) is 9.95. The van der Waals surface area contributed by atoms with Crippen LogP contribution in [0.15, 0.2) is 29.2 Å². The van der Waals surface area contributed by atoms with Gasteiger partial charge >= 0.3 is 0 Å². The molecular formula is C15H19NO3S2. The van der Waals surface area contributed by atoms with Crippen LogP contribution in [0.2, 0.25) is 0 Å². The van der Waals surface area contributed by atoms with Crippen molar-refractivity contribution in [1.82, 2.24) is 4.31 Å². The summed E-state index contributed by atoms with van der Waals surface area (Å²) in [5.74, 6) is 0.372. The minimum atomic E-state index is -3.56. The number of rotatable bonds is 3. The molecule has 0 bridgehead atoms. The summed E-state index contributed by atoms with van der Waals surface area (Å²) in [6.07, 6.45) is 0.885. The van der Waals surface area contributed by atoms with Crippen molar-refractivity contribution < 1.29 is 13.5 Å². The molecule has 2 atom stereocenters. The average Bonchev–Trinajstić information content (AvgIpc) is 2.98. The molecule has 6 heteroatoms. The molecule has 2 aromatic rings. The number of nitrogens with zero attached hydrogens (tertiary/aromatic N) is 1. The number of benzene rings is 1. The van der Waals surface area contributed by atoms with Crippen LogP contribution in [0, 0.1) is 5.92 Å². The van der Waals surface area contributed by atoms with Crippen molar-refractivity contribution in [2.45, 2.75) is 37.8 Å².